The van der Waals surface area contributed by atoms with Crippen LogP contribution in [0.4, 0.5) is 9.59 Å². The zero-order chi connectivity index (χ0) is 23.1. The van der Waals surface area contributed by atoms with Crippen molar-refractivity contribution in [1.29, 1.82) is 0 Å². The second-order valence-electron chi connectivity index (χ2n) is 9.36. The van der Waals surface area contributed by atoms with Crippen LogP contribution in [0.1, 0.15) is 26.3 Å². The van der Waals surface area contributed by atoms with Crippen LogP contribution in [-0.2, 0) is 16.1 Å². The first-order valence-electron chi connectivity index (χ1n) is 11.3. The van der Waals surface area contributed by atoms with E-state index in [1.807, 2.05) is 51.1 Å². The Labute approximate surface area is 190 Å². The summed E-state index contributed by atoms with van der Waals surface area (Å²) in [5.74, 6) is 0. The smallest absolute Gasteiger partial charge is 0.410 e. The number of rotatable bonds is 5. The van der Waals surface area contributed by atoms with Crippen LogP contribution in [0.2, 0.25) is 0 Å². The molecule has 0 bridgehead atoms. The fourth-order valence-corrected chi connectivity index (χ4v) is 3.88. The first-order valence-corrected chi connectivity index (χ1v) is 11.3. The van der Waals surface area contributed by atoms with Crippen LogP contribution in [0.3, 0.4) is 0 Å². The number of hydrogen-bond donors (Lipinski definition) is 1. The molecule has 9 heteroatoms. The molecule has 0 spiro atoms. The third-order valence-corrected chi connectivity index (χ3v) is 5.68. The van der Waals surface area contributed by atoms with Gasteiger partial charge in [-0.25, -0.2) is 9.59 Å². The second kappa shape index (κ2) is 11.0. The lowest BCUT2D eigenvalue weighted by atomic mass is 10.2. The maximum Gasteiger partial charge on any atom is 0.410 e. The number of ether oxygens (including phenoxy) is 2. The number of hydrogen-bond acceptors (Lipinski definition) is 7. The number of carbonyl (C=O) groups excluding carboxylic acids is 2. The van der Waals surface area contributed by atoms with Crippen molar-refractivity contribution in [3.63, 3.8) is 0 Å². The molecule has 0 aromatic heterocycles. The van der Waals surface area contributed by atoms with Crippen molar-refractivity contribution >= 4 is 12.2 Å². The molecule has 2 amide bonds. The molecule has 3 rings (SSSR count). The van der Waals surface area contributed by atoms with Crippen molar-refractivity contribution < 1.29 is 24.2 Å². The molecule has 2 heterocycles. The Bertz CT molecular complexity index is 747. The molecule has 2 aliphatic heterocycles. The van der Waals surface area contributed by atoms with Crippen molar-refractivity contribution in [3.05, 3.63) is 35.9 Å². The molecular weight excluding hydrogens is 412 g/mol. The van der Waals surface area contributed by atoms with Crippen molar-refractivity contribution in [2.45, 2.75) is 39.0 Å². The summed E-state index contributed by atoms with van der Waals surface area (Å²) in [4.78, 5) is 32.6. The highest BCUT2D eigenvalue weighted by molar-refractivity contribution is 5.68. The lowest BCUT2D eigenvalue weighted by Crippen LogP contribution is -2.60. The molecule has 178 valence electrons. The maximum atomic E-state index is 12.4. The fraction of sp³-hybridized carbons (Fsp3) is 0.652. The van der Waals surface area contributed by atoms with E-state index in [-0.39, 0.29) is 31.4 Å². The first kappa shape index (κ1) is 24.3. The molecule has 0 radical (unpaired) electrons. The van der Waals surface area contributed by atoms with Crippen LogP contribution in [0.15, 0.2) is 30.3 Å². The van der Waals surface area contributed by atoms with Crippen LogP contribution in [0, 0.1) is 0 Å². The highest BCUT2D eigenvalue weighted by Crippen LogP contribution is 2.16. The van der Waals surface area contributed by atoms with Gasteiger partial charge in [0, 0.05) is 45.8 Å². The maximum absolute atomic E-state index is 12.4. The largest absolute Gasteiger partial charge is 0.445 e. The number of piperazine rings is 2. The van der Waals surface area contributed by atoms with Gasteiger partial charge in [-0.05, 0) is 26.3 Å². The Morgan fingerprint density at radius 1 is 0.969 bits per heavy atom. The number of aliphatic hydroxyl groups excluding tert-OH is 1. The Kier molecular flexibility index (Phi) is 8.33. The summed E-state index contributed by atoms with van der Waals surface area (Å²) in [7, 11) is 0. The van der Waals surface area contributed by atoms with Gasteiger partial charge in [0.05, 0.1) is 19.3 Å². The first-order chi connectivity index (χ1) is 15.2. The quantitative estimate of drug-likeness (QED) is 0.735. The van der Waals surface area contributed by atoms with E-state index in [0.29, 0.717) is 39.4 Å². The fourth-order valence-electron chi connectivity index (χ4n) is 3.88. The van der Waals surface area contributed by atoms with E-state index < -0.39 is 5.60 Å². The van der Waals surface area contributed by atoms with E-state index in [1.54, 1.807) is 9.80 Å². The zero-order valence-corrected chi connectivity index (χ0v) is 19.4. The molecule has 1 aromatic carbocycles. The predicted molar refractivity (Wildman–Crippen MR) is 120 cm³/mol. The predicted octanol–water partition coefficient (Wildman–Crippen LogP) is 1.81. The van der Waals surface area contributed by atoms with Crippen LogP contribution >= 0.6 is 0 Å². The molecule has 1 atom stereocenters. The Balaban J connectivity index is 1.41. The Morgan fingerprint density at radius 3 is 2.25 bits per heavy atom. The lowest BCUT2D eigenvalue weighted by molar-refractivity contribution is -0.0241. The van der Waals surface area contributed by atoms with Crippen LogP contribution in [-0.4, -0.2) is 108 Å². The summed E-state index contributed by atoms with van der Waals surface area (Å²) < 4.78 is 10.9. The van der Waals surface area contributed by atoms with Gasteiger partial charge in [0.1, 0.15) is 12.2 Å². The third kappa shape index (κ3) is 7.08. The average molecular weight is 449 g/mol. The van der Waals surface area contributed by atoms with E-state index >= 15 is 0 Å². The molecule has 2 fully saturated rings. The Morgan fingerprint density at radius 2 is 1.62 bits per heavy atom. The second-order valence-corrected chi connectivity index (χ2v) is 9.36. The zero-order valence-electron chi connectivity index (χ0n) is 19.4. The highest BCUT2D eigenvalue weighted by atomic mass is 16.6. The molecule has 1 aromatic rings. The molecule has 2 aliphatic rings. The molecule has 0 unspecified atom stereocenters. The minimum absolute atomic E-state index is 0.0227. The summed E-state index contributed by atoms with van der Waals surface area (Å²) in [6, 6.07) is 9.52. The number of nitrogens with zero attached hydrogens (tertiary/aromatic N) is 4. The van der Waals surface area contributed by atoms with Gasteiger partial charge >= 0.3 is 12.2 Å². The number of carbonyl (C=O) groups is 2. The average Bonchev–Trinajstić information content (AvgIpc) is 2.77. The van der Waals surface area contributed by atoms with Gasteiger partial charge in [0.25, 0.3) is 0 Å². The minimum atomic E-state index is -0.537. The summed E-state index contributed by atoms with van der Waals surface area (Å²) in [5.41, 5.74) is 0.435. The molecular formula is C23H36N4O5. The van der Waals surface area contributed by atoms with E-state index in [9.17, 15) is 14.7 Å². The topological polar surface area (TPSA) is 85.8 Å². The molecule has 32 heavy (non-hydrogen) atoms. The summed E-state index contributed by atoms with van der Waals surface area (Å²) in [5, 5.41) is 9.88. The molecule has 0 saturated carbocycles. The van der Waals surface area contributed by atoms with Crippen molar-refractivity contribution in [3.8, 4) is 0 Å². The molecule has 1 N–H and O–H groups in total. The Hall–Kier alpha value is -2.36. The highest BCUT2D eigenvalue weighted by Gasteiger charge is 2.33. The van der Waals surface area contributed by atoms with Gasteiger partial charge in [-0.1, -0.05) is 30.3 Å². The number of aliphatic hydroxyl groups is 1. The van der Waals surface area contributed by atoms with Gasteiger partial charge in [0.2, 0.25) is 0 Å². The molecule has 0 aliphatic carbocycles. The monoisotopic (exact) mass is 448 g/mol. The molecule has 2 saturated heterocycles. The number of benzene rings is 1. The van der Waals surface area contributed by atoms with Crippen molar-refractivity contribution in [2.24, 2.45) is 0 Å². The lowest BCUT2D eigenvalue weighted by Gasteiger charge is -2.44. The van der Waals surface area contributed by atoms with E-state index in [2.05, 4.69) is 9.80 Å². The van der Waals surface area contributed by atoms with E-state index in [0.717, 1.165) is 18.7 Å². The minimum Gasteiger partial charge on any atom is -0.445 e. The standard InChI is InChI=1S/C23H36N4O5/c1-23(2,3)32-22(30)26-13-14-27(20(15-26)16-28)18-24-9-11-25(12-10-24)21(29)31-17-19-7-5-4-6-8-19/h4-8,20,28H,9-18H2,1-3H3/t20-/m0/s1. The molecule has 9 nitrogen and oxygen atoms in total. The summed E-state index contributed by atoms with van der Waals surface area (Å²) in [6.07, 6.45) is -0.619. The SMILES string of the molecule is CC(C)(C)OC(=O)N1CCN(CN2CCN(C(=O)OCc3ccccc3)CC2)[C@H](CO)C1. The normalized spacial score (nSPS) is 20.8. The van der Waals surface area contributed by atoms with Gasteiger partial charge in [-0.15, -0.1) is 0 Å². The van der Waals surface area contributed by atoms with Gasteiger partial charge < -0.3 is 24.4 Å². The third-order valence-electron chi connectivity index (χ3n) is 5.68. The summed E-state index contributed by atoms with van der Waals surface area (Å²) in [6.45, 7) is 10.9. The van der Waals surface area contributed by atoms with Crippen molar-refractivity contribution in [2.75, 3.05) is 59.1 Å². The van der Waals surface area contributed by atoms with Gasteiger partial charge in [-0.3, -0.25) is 9.80 Å². The van der Waals surface area contributed by atoms with Gasteiger partial charge in [0.15, 0.2) is 0 Å². The summed E-state index contributed by atoms with van der Waals surface area (Å²) >= 11 is 0. The van der Waals surface area contributed by atoms with Crippen molar-refractivity contribution in [1.82, 2.24) is 19.6 Å². The van der Waals surface area contributed by atoms with E-state index in [4.69, 9.17) is 9.47 Å². The van der Waals surface area contributed by atoms with Crippen LogP contribution < -0.4 is 0 Å². The van der Waals surface area contributed by atoms with Crippen LogP contribution in [0.25, 0.3) is 0 Å². The van der Waals surface area contributed by atoms with E-state index in [1.165, 1.54) is 0 Å². The number of amides is 2. The van der Waals surface area contributed by atoms with Crippen LogP contribution in [0.5, 0.6) is 0 Å². The van der Waals surface area contributed by atoms with Gasteiger partial charge in [-0.2, -0.15) is 0 Å².